The van der Waals surface area contributed by atoms with Crippen molar-refractivity contribution in [1.82, 2.24) is 0 Å². The van der Waals surface area contributed by atoms with Gasteiger partial charge >= 0.3 is 0 Å². The average Bonchev–Trinajstić information content (AvgIpc) is 2.49. The number of para-hydroxylation sites is 1. The fourth-order valence-corrected chi connectivity index (χ4v) is 1.82. The highest BCUT2D eigenvalue weighted by Gasteiger charge is 2.13. The number of aromatic hydroxyl groups is 1. The van der Waals surface area contributed by atoms with Crippen LogP contribution in [0.2, 0.25) is 0 Å². The summed E-state index contributed by atoms with van der Waals surface area (Å²) >= 11 is 0. The van der Waals surface area contributed by atoms with Crippen molar-refractivity contribution in [2.75, 3.05) is 6.54 Å². The number of hydrogen-bond acceptors (Lipinski definition) is 3. The van der Waals surface area contributed by atoms with Crippen LogP contribution in [-0.2, 0) is 0 Å². The average molecular weight is 302 g/mol. The highest BCUT2D eigenvalue weighted by molar-refractivity contribution is 6.14. The van der Waals surface area contributed by atoms with E-state index in [4.69, 9.17) is 5.73 Å². The van der Waals surface area contributed by atoms with E-state index >= 15 is 0 Å². The van der Waals surface area contributed by atoms with Gasteiger partial charge < -0.3 is 10.8 Å². The Labute approximate surface area is 131 Å². The second-order valence-corrected chi connectivity index (χ2v) is 4.94. The zero-order chi connectivity index (χ0) is 16.5. The molecule has 3 nitrogen and oxygen atoms in total. The van der Waals surface area contributed by atoms with Crippen LogP contribution < -0.4 is 5.73 Å². The Morgan fingerprint density at radius 1 is 1.32 bits per heavy atom. The number of rotatable bonds is 6. The standard InChI is InChI=1S/C18H23FN2O/c1-4-5-9-16(19)14(3)18(21-12-11-13(2)20)15-8-6-7-10-17(15)22/h5-11,22H,4,12,20H2,1-3H3/b9-5-,13-11+,16-14-,21-18?. The van der Waals surface area contributed by atoms with Gasteiger partial charge in [-0.2, -0.15) is 0 Å². The van der Waals surface area contributed by atoms with Crippen LogP contribution in [0.25, 0.3) is 0 Å². The fraction of sp³-hybridized carbons (Fsp3) is 0.278. The number of nitrogens with two attached hydrogens (primary N) is 1. The lowest BCUT2D eigenvalue weighted by Gasteiger charge is -2.10. The van der Waals surface area contributed by atoms with E-state index in [1.54, 1.807) is 50.3 Å². The number of benzene rings is 1. The molecule has 118 valence electrons. The minimum atomic E-state index is -0.364. The second-order valence-electron chi connectivity index (χ2n) is 4.94. The second kappa shape index (κ2) is 8.82. The van der Waals surface area contributed by atoms with E-state index in [1.165, 1.54) is 6.08 Å². The lowest BCUT2D eigenvalue weighted by molar-refractivity contribution is 0.474. The molecule has 3 N–H and O–H groups in total. The summed E-state index contributed by atoms with van der Waals surface area (Å²) in [5.74, 6) is -0.293. The molecule has 0 aliphatic heterocycles. The summed E-state index contributed by atoms with van der Waals surface area (Å²) in [5.41, 5.74) is 7.55. The summed E-state index contributed by atoms with van der Waals surface area (Å²) in [6, 6.07) is 6.77. The smallest absolute Gasteiger partial charge is 0.127 e. The number of phenols is 1. The first kappa shape index (κ1) is 17.7. The van der Waals surface area contributed by atoms with Crippen molar-refractivity contribution >= 4 is 5.71 Å². The quantitative estimate of drug-likeness (QED) is 0.609. The minimum Gasteiger partial charge on any atom is -0.507 e. The van der Waals surface area contributed by atoms with Gasteiger partial charge in [-0.3, -0.25) is 4.99 Å². The van der Waals surface area contributed by atoms with Crippen LogP contribution in [0.5, 0.6) is 5.75 Å². The molecule has 0 atom stereocenters. The maximum atomic E-state index is 14.2. The van der Waals surface area contributed by atoms with Crippen molar-refractivity contribution in [3.8, 4) is 5.75 Å². The van der Waals surface area contributed by atoms with E-state index in [0.29, 0.717) is 29.1 Å². The zero-order valence-electron chi connectivity index (χ0n) is 13.3. The van der Waals surface area contributed by atoms with Gasteiger partial charge in [-0.15, -0.1) is 0 Å². The molecule has 0 aromatic heterocycles. The van der Waals surface area contributed by atoms with Crippen molar-refractivity contribution < 1.29 is 9.50 Å². The van der Waals surface area contributed by atoms with Gasteiger partial charge in [0.05, 0.1) is 12.3 Å². The van der Waals surface area contributed by atoms with Crippen LogP contribution in [0.15, 0.2) is 64.6 Å². The third kappa shape index (κ3) is 5.20. The molecule has 1 aromatic carbocycles. The topological polar surface area (TPSA) is 58.6 Å². The van der Waals surface area contributed by atoms with Gasteiger partial charge in [0.15, 0.2) is 0 Å². The van der Waals surface area contributed by atoms with Crippen molar-refractivity contribution in [1.29, 1.82) is 0 Å². The van der Waals surface area contributed by atoms with Crippen LogP contribution in [0.1, 0.15) is 32.8 Å². The third-order valence-corrected chi connectivity index (χ3v) is 3.04. The maximum Gasteiger partial charge on any atom is 0.127 e. The monoisotopic (exact) mass is 302 g/mol. The van der Waals surface area contributed by atoms with Crippen LogP contribution in [0.3, 0.4) is 0 Å². The van der Waals surface area contributed by atoms with Crippen LogP contribution in [0.4, 0.5) is 4.39 Å². The summed E-state index contributed by atoms with van der Waals surface area (Å²) in [7, 11) is 0. The Bertz CT molecular complexity index is 624. The number of halogens is 1. The zero-order valence-corrected chi connectivity index (χ0v) is 13.3. The molecule has 1 aromatic rings. The molecule has 1 rings (SSSR count). The predicted molar refractivity (Wildman–Crippen MR) is 90.7 cm³/mol. The van der Waals surface area contributed by atoms with Crippen molar-refractivity contribution in [3.63, 3.8) is 0 Å². The largest absolute Gasteiger partial charge is 0.507 e. The first-order chi connectivity index (χ1) is 10.5. The predicted octanol–water partition coefficient (Wildman–Crippen LogP) is 4.25. The first-order valence-electron chi connectivity index (χ1n) is 7.25. The Morgan fingerprint density at radius 2 is 2.00 bits per heavy atom. The fourth-order valence-electron chi connectivity index (χ4n) is 1.82. The molecule has 0 unspecified atom stereocenters. The molecule has 0 saturated heterocycles. The lowest BCUT2D eigenvalue weighted by Crippen LogP contribution is -2.06. The highest BCUT2D eigenvalue weighted by Crippen LogP contribution is 2.23. The van der Waals surface area contributed by atoms with Gasteiger partial charge in [-0.1, -0.05) is 25.1 Å². The van der Waals surface area contributed by atoms with Crippen LogP contribution in [0, 0.1) is 0 Å². The highest BCUT2D eigenvalue weighted by atomic mass is 19.1. The number of hydrogen-bond donors (Lipinski definition) is 2. The maximum absolute atomic E-state index is 14.2. The van der Waals surface area contributed by atoms with Gasteiger partial charge in [-0.25, -0.2) is 4.39 Å². The summed E-state index contributed by atoms with van der Waals surface area (Å²) in [5, 5.41) is 10.0. The van der Waals surface area contributed by atoms with Gasteiger partial charge in [0.2, 0.25) is 0 Å². The number of aliphatic imine (C=N–C) groups is 1. The van der Waals surface area contributed by atoms with Crippen molar-refractivity contribution in [3.05, 3.63) is 65.2 Å². The first-order valence-corrected chi connectivity index (χ1v) is 7.25. The summed E-state index contributed by atoms with van der Waals surface area (Å²) in [4.78, 5) is 4.39. The van der Waals surface area contributed by atoms with E-state index in [9.17, 15) is 9.50 Å². The normalized spacial score (nSPS) is 14.4. The van der Waals surface area contributed by atoms with E-state index < -0.39 is 0 Å². The molecule has 0 amide bonds. The van der Waals surface area contributed by atoms with Gasteiger partial charge in [0.25, 0.3) is 0 Å². The molecule has 0 saturated carbocycles. The van der Waals surface area contributed by atoms with E-state index in [1.807, 2.05) is 6.92 Å². The number of nitrogens with zero attached hydrogens (tertiary/aromatic N) is 1. The molecule has 0 bridgehead atoms. The molecule has 0 aliphatic rings. The molecule has 22 heavy (non-hydrogen) atoms. The van der Waals surface area contributed by atoms with Gasteiger partial charge in [0, 0.05) is 16.8 Å². The van der Waals surface area contributed by atoms with Gasteiger partial charge in [-0.05, 0) is 44.6 Å². The minimum absolute atomic E-state index is 0.0707. The van der Waals surface area contributed by atoms with E-state index in [2.05, 4.69) is 4.99 Å². The van der Waals surface area contributed by atoms with Gasteiger partial charge in [0.1, 0.15) is 11.6 Å². The third-order valence-electron chi connectivity index (χ3n) is 3.04. The lowest BCUT2D eigenvalue weighted by atomic mass is 10.0. The summed E-state index contributed by atoms with van der Waals surface area (Å²) < 4.78 is 14.2. The summed E-state index contributed by atoms with van der Waals surface area (Å²) in [6.07, 6.45) is 5.66. The molecule has 0 heterocycles. The van der Waals surface area contributed by atoms with Crippen molar-refractivity contribution in [2.24, 2.45) is 10.7 Å². The van der Waals surface area contributed by atoms with Crippen LogP contribution in [-0.4, -0.2) is 17.4 Å². The Hall–Kier alpha value is -2.36. The Kier molecular flexibility index (Phi) is 7.09. The number of allylic oxidation sites excluding steroid dienone is 5. The summed E-state index contributed by atoms with van der Waals surface area (Å²) in [6.45, 7) is 5.68. The molecule has 0 spiro atoms. The Morgan fingerprint density at radius 3 is 2.59 bits per heavy atom. The molecule has 4 heteroatoms. The SMILES string of the molecule is CC/C=C\C(F)=C(/C)C(=NC/C=C(\C)N)c1ccccc1O. The Balaban J connectivity index is 3.32. The molecule has 0 aliphatic carbocycles. The van der Waals surface area contributed by atoms with E-state index in [-0.39, 0.29) is 11.6 Å². The van der Waals surface area contributed by atoms with Crippen LogP contribution >= 0.6 is 0 Å². The molecular formula is C18H23FN2O. The van der Waals surface area contributed by atoms with Crippen molar-refractivity contribution in [2.45, 2.75) is 27.2 Å². The molecule has 0 fully saturated rings. The number of phenolic OH excluding ortho intramolecular Hbond substituents is 1. The molecular weight excluding hydrogens is 279 g/mol. The van der Waals surface area contributed by atoms with E-state index in [0.717, 1.165) is 6.42 Å². The molecule has 0 radical (unpaired) electrons.